The summed E-state index contributed by atoms with van der Waals surface area (Å²) >= 11 is 0. The van der Waals surface area contributed by atoms with Gasteiger partial charge in [-0.2, -0.15) is 0 Å². The maximum Gasteiger partial charge on any atom is 0.292 e. The van der Waals surface area contributed by atoms with E-state index >= 15 is 0 Å². The maximum atomic E-state index is 12.8. The van der Waals surface area contributed by atoms with Crippen molar-refractivity contribution in [1.29, 1.82) is 0 Å². The van der Waals surface area contributed by atoms with Crippen LogP contribution in [0.3, 0.4) is 0 Å². The van der Waals surface area contributed by atoms with Crippen molar-refractivity contribution in [2.24, 2.45) is 0 Å². The molecule has 0 saturated carbocycles. The summed E-state index contributed by atoms with van der Waals surface area (Å²) in [6.07, 6.45) is 1.46. The third-order valence-electron chi connectivity index (χ3n) is 1.63. The molecule has 0 aliphatic rings. The van der Waals surface area contributed by atoms with Crippen molar-refractivity contribution >= 4 is 6.01 Å². The van der Waals surface area contributed by atoms with Crippen LogP contribution in [0.4, 0.5) is 10.4 Å². The molecule has 2 aromatic rings. The Labute approximate surface area is 74.0 Å². The molecule has 0 bridgehead atoms. The van der Waals surface area contributed by atoms with E-state index in [4.69, 9.17) is 10.2 Å². The normalized spacial score (nSPS) is 10.2. The molecule has 2 N–H and O–H groups in total. The summed E-state index contributed by atoms with van der Waals surface area (Å²) < 4.78 is 17.8. The molecule has 0 fully saturated rings. The van der Waals surface area contributed by atoms with Gasteiger partial charge in [-0.25, -0.2) is 9.37 Å². The van der Waals surface area contributed by atoms with Crippen LogP contribution in [-0.4, -0.2) is 4.98 Å². The number of halogens is 1. The van der Waals surface area contributed by atoms with E-state index in [1.807, 2.05) is 0 Å². The first kappa shape index (κ1) is 7.79. The fraction of sp³-hybridized carbons (Fsp3) is 0. The van der Waals surface area contributed by atoms with E-state index in [0.29, 0.717) is 11.3 Å². The molecule has 1 heterocycles. The number of nitrogens with zero attached hydrogens (tertiary/aromatic N) is 1. The Morgan fingerprint density at radius 2 is 2.23 bits per heavy atom. The van der Waals surface area contributed by atoms with Crippen molar-refractivity contribution in [3.63, 3.8) is 0 Å². The van der Waals surface area contributed by atoms with Crippen LogP contribution in [-0.2, 0) is 0 Å². The van der Waals surface area contributed by atoms with Crippen molar-refractivity contribution < 1.29 is 8.81 Å². The van der Waals surface area contributed by atoms with Crippen molar-refractivity contribution in [3.05, 3.63) is 36.3 Å². The van der Waals surface area contributed by atoms with E-state index in [2.05, 4.69) is 4.98 Å². The van der Waals surface area contributed by atoms with Gasteiger partial charge in [0, 0.05) is 5.56 Å². The number of oxazole rings is 1. The Morgan fingerprint density at radius 1 is 1.38 bits per heavy atom. The summed E-state index contributed by atoms with van der Waals surface area (Å²) in [7, 11) is 0. The molecule has 0 radical (unpaired) electrons. The molecule has 0 amide bonds. The van der Waals surface area contributed by atoms with Gasteiger partial charge in [0.05, 0.1) is 6.20 Å². The number of aromatic nitrogens is 1. The lowest BCUT2D eigenvalue weighted by molar-refractivity contribution is 0.592. The first-order chi connectivity index (χ1) is 6.25. The predicted molar refractivity (Wildman–Crippen MR) is 46.3 cm³/mol. The summed E-state index contributed by atoms with van der Waals surface area (Å²) in [6.45, 7) is 0. The Hall–Kier alpha value is -1.84. The van der Waals surface area contributed by atoms with Gasteiger partial charge in [0.15, 0.2) is 5.76 Å². The van der Waals surface area contributed by atoms with E-state index in [9.17, 15) is 4.39 Å². The van der Waals surface area contributed by atoms with Crippen LogP contribution in [0.15, 0.2) is 34.9 Å². The summed E-state index contributed by atoms with van der Waals surface area (Å²) in [5.74, 6) is 0.157. The van der Waals surface area contributed by atoms with Crippen molar-refractivity contribution in [3.8, 4) is 11.3 Å². The van der Waals surface area contributed by atoms with Crippen molar-refractivity contribution in [2.45, 2.75) is 0 Å². The highest BCUT2D eigenvalue weighted by atomic mass is 19.1. The summed E-state index contributed by atoms with van der Waals surface area (Å²) in [5, 5.41) is 0. The highest BCUT2D eigenvalue weighted by molar-refractivity contribution is 5.56. The largest absolute Gasteiger partial charge is 0.424 e. The Bertz CT molecular complexity index is 425. The highest BCUT2D eigenvalue weighted by Gasteiger charge is 2.03. The van der Waals surface area contributed by atoms with E-state index < -0.39 is 0 Å². The first-order valence-corrected chi connectivity index (χ1v) is 3.73. The lowest BCUT2D eigenvalue weighted by Crippen LogP contribution is -1.80. The zero-order chi connectivity index (χ0) is 9.26. The Morgan fingerprint density at radius 3 is 2.85 bits per heavy atom. The minimum atomic E-state index is -0.313. The molecule has 2 rings (SSSR count). The molecule has 0 saturated heterocycles. The van der Waals surface area contributed by atoms with Crippen LogP contribution in [0.2, 0.25) is 0 Å². The smallest absolute Gasteiger partial charge is 0.292 e. The average Bonchev–Trinajstić information content (AvgIpc) is 2.52. The number of benzene rings is 1. The second-order valence-electron chi connectivity index (χ2n) is 2.57. The van der Waals surface area contributed by atoms with Crippen LogP contribution < -0.4 is 5.73 Å². The third kappa shape index (κ3) is 1.51. The summed E-state index contributed by atoms with van der Waals surface area (Å²) in [5.41, 5.74) is 5.91. The van der Waals surface area contributed by atoms with Gasteiger partial charge in [0.1, 0.15) is 5.82 Å². The van der Waals surface area contributed by atoms with Gasteiger partial charge in [-0.05, 0) is 12.1 Å². The van der Waals surface area contributed by atoms with Crippen LogP contribution in [0, 0.1) is 5.82 Å². The van der Waals surface area contributed by atoms with E-state index in [1.54, 1.807) is 12.1 Å². The number of nitrogen functional groups attached to an aromatic ring is 1. The zero-order valence-corrected chi connectivity index (χ0v) is 6.70. The Balaban J connectivity index is 2.46. The fourth-order valence-electron chi connectivity index (χ4n) is 1.06. The van der Waals surface area contributed by atoms with Crippen LogP contribution in [0.5, 0.6) is 0 Å². The van der Waals surface area contributed by atoms with Crippen molar-refractivity contribution in [1.82, 2.24) is 4.98 Å². The minimum Gasteiger partial charge on any atom is -0.424 e. The van der Waals surface area contributed by atoms with E-state index in [0.717, 1.165) is 0 Å². The van der Waals surface area contributed by atoms with E-state index in [-0.39, 0.29) is 11.8 Å². The predicted octanol–water partition coefficient (Wildman–Crippen LogP) is 2.06. The molecule has 4 heteroatoms. The molecule has 0 aliphatic carbocycles. The van der Waals surface area contributed by atoms with Gasteiger partial charge in [0.2, 0.25) is 0 Å². The van der Waals surface area contributed by atoms with Gasteiger partial charge in [-0.1, -0.05) is 12.1 Å². The number of hydrogen-bond acceptors (Lipinski definition) is 3. The number of hydrogen-bond donors (Lipinski definition) is 1. The SMILES string of the molecule is Nc1ncc(-c2cccc(F)c2)o1. The monoisotopic (exact) mass is 178 g/mol. The Kier molecular flexibility index (Phi) is 1.73. The molecule has 13 heavy (non-hydrogen) atoms. The van der Waals surface area contributed by atoms with Crippen LogP contribution in [0.25, 0.3) is 11.3 Å². The zero-order valence-electron chi connectivity index (χ0n) is 6.70. The van der Waals surface area contributed by atoms with Crippen LogP contribution in [0.1, 0.15) is 0 Å². The number of rotatable bonds is 1. The summed E-state index contributed by atoms with van der Waals surface area (Å²) in [4.78, 5) is 3.71. The quantitative estimate of drug-likeness (QED) is 0.727. The topological polar surface area (TPSA) is 52.0 Å². The van der Waals surface area contributed by atoms with Gasteiger partial charge in [-0.3, -0.25) is 0 Å². The van der Waals surface area contributed by atoms with Gasteiger partial charge >= 0.3 is 0 Å². The molecule has 1 aromatic carbocycles. The lowest BCUT2D eigenvalue weighted by atomic mass is 10.2. The molecule has 0 atom stereocenters. The van der Waals surface area contributed by atoms with Gasteiger partial charge in [0.25, 0.3) is 6.01 Å². The minimum absolute atomic E-state index is 0.0826. The molecule has 66 valence electrons. The summed E-state index contributed by atoms with van der Waals surface area (Å²) in [6, 6.07) is 6.13. The van der Waals surface area contributed by atoms with Crippen LogP contribution >= 0.6 is 0 Å². The molecular weight excluding hydrogens is 171 g/mol. The molecular formula is C9H7FN2O. The second kappa shape index (κ2) is 2.90. The van der Waals surface area contributed by atoms with E-state index in [1.165, 1.54) is 18.3 Å². The van der Waals surface area contributed by atoms with Gasteiger partial charge in [-0.15, -0.1) is 0 Å². The number of anilines is 1. The standard InChI is InChI=1S/C9H7FN2O/c10-7-3-1-2-6(4-7)8-5-12-9(11)13-8/h1-5H,(H2,11,12). The molecule has 0 unspecified atom stereocenters. The maximum absolute atomic E-state index is 12.8. The van der Waals surface area contributed by atoms with Crippen molar-refractivity contribution in [2.75, 3.05) is 5.73 Å². The fourth-order valence-corrected chi connectivity index (χ4v) is 1.06. The average molecular weight is 178 g/mol. The highest BCUT2D eigenvalue weighted by Crippen LogP contribution is 2.21. The molecule has 3 nitrogen and oxygen atoms in total. The van der Waals surface area contributed by atoms with Gasteiger partial charge < -0.3 is 10.2 Å². The number of nitrogens with two attached hydrogens (primary N) is 1. The molecule has 0 aliphatic heterocycles. The third-order valence-corrected chi connectivity index (χ3v) is 1.63. The lowest BCUT2D eigenvalue weighted by Gasteiger charge is -1.94. The first-order valence-electron chi connectivity index (χ1n) is 3.73. The second-order valence-corrected chi connectivity index (χ2v) is 2.57. The molecule has 1 aromatic heterocycles. The molecule has 0 spiro atoms.